The molecule has 1 aromatic carbocycles. The van der Waals surface area contributed by atoms with Gasteiger partial charge in [-0.1, -0.05) is 38.1 Å². The maximum atomic E-state index is 12.4. The van der Waals surface area contributed by atoms with Crippen molar-refractivity contribution in [3.8, 4) is 0 Å². The van der Waals surface area contributed by atoms with Crippen LogP contribution in [0, 0.1) is 0 Å². The number of carbonyl (C=O) groups excluding carboxylic acids is 1. The second kappa shape index (κ2) is 9.80. The highest BCUT2D eigenvalue weighted by Crippen LogP contribution is 2.33. The molecule has 2 heterocycles. The minimum Gasteiger partial charge on any atom is -0.353 e. The second-order valence-corrected chi connectivity index (χ2v) is 9.29. The molecule has 1 atom stereocenters. The lowest BCUT2D eigenvalue weighted by molar-refractivity contribution is -0.123. The Labute approximate surface area is 190 Å². The molecule has 0 spiro atoms. The second-order valence-electron chi connectivity index (χ2n) is 8.29. The lowest BCUT2D eigenvalue weighted by Crippen LogP contribution is -2.46. The topological polar surface area (TPSA) is 58.4 Å². The van der Waals surface area contributed by atoms with Crippen molar-refractivity contribution in [3.05, 3.63) is 57.3 Å². The van der Waals surface area contributed by atoms with Gasteiger partial charge in [0.05, 0.1) is 11.6 Å². The van der Waals surface area contributed by atoms with Crippen LogP contribution in [-0.2, 0) is 17.8 Å². The number of thiophene rings is 1. The molecule has 160 valence electrons. The monoisotopic (exact) mass is 455 g/mol. The van der Waals surface area contributed by atoms with Crippen molar-refractivity contribution >= 4 is 42.1 Å². The van der Waals surface area contributed by atoms with Crippen molar-refractivity contribution in [3.63, 3.8) is 0 Å². The van der Waals surface area contributed by atoms with Crippen LogP contribution in [0.5, 0.6) is 0 Å². The van der Waals surface area contributed by atoms with Gasteiger partial charge in [-0.05, 0) is 53.3 Å². The highest BCUT2D eigenvalue weighted by Gasteiger charge is 2.46. The van der Waals surface area contributed by atoms with Crippen LogP contribution in [0.15, 0.2) is 35.7 Å². The summed E-state index contributed by atoms with van der Waals surface area (Å²) in [5.41, 5.74) is 9.50. The Morgan fingerprint density at radius 1 is 1.17 bits per heavy atom. The van der Waals surface area contributed by atoms with Gasteiger partial charge in [-0.2, -0.15) is 0 Å². The Hall–Kier alpha value is -1.11. The van der Waals surface area contributed by atoms with E-state index in [-0.39, 0.29) is 36.8 Å². The number of benzene rings is 1. The zero-order chi connectivity index (χ0) is 19.0. The maximum Gasteiger partial charge on any atom is 0.240 e. The van der Waals surface area contributed by atoms with Crippen LogP contribution < -0.4 is 11.1 Å². The van der Waals surface area contributed by atoms with Crippen LogP contribution in [0.3, 0.4) is 0 Å². The number of nitrogens with two attached hydrogens (primary N) is 1. The van der Waals surface area contributed by atoms with Gasteiger partial charge >= 0.3 is 0 Å². The molecular formula is C22H31Cl2N3OS. The fraction of sp³-hybridized carbons (Fsp3) is 0.500. The summed E-state index contributed by atoms with van der Waals surface area (Å²) in [6.45, 7) is 7.00. The Kier molecular flexibility index (Phi) is 8.16. The Bertz CT molecular complexity index is 818. The first-order chi connectivity index (χ1) is 13.0. The van der Waals surface area contributed by atoms with E-state index in [1.807, 2.05) is 11.3 Å². The van der Waals surface area contributed by atoms with E-state index in [9.17, 15) is 4.79 Å². The number of hydrogen-bond donors (Lipinski definition) is 2. The molecule has 4 nitrogen and oxygen atoms in total. The zero-order valence-electron chi connectivity index (χ0n) is 17.0. The van der Waals surface area contributed by atoms with Gasteiger partial charge in [-0.25, -0.2) is 0 Å². The molecule has 1 unspecified atom stereocenters. The molecule has 1 aliphatic heterocycles. The van der Waals surface area contributed by atoms with Crippen LogP contribution in [0.1, 0.15) is 60.2 Å². The van der Waals surface area contributed by atoms with E-state index < -0.39 is 5.54 Å². The zero-order valence-corrected chi connectivity index (χ0v) is 19.5. The Balaban J connectivity index is 0.00000150. The summed E-state index contributed by atoms with van der Waals surface area (Å²) in [6, 6.07) is 11.3. The number of nitrogens with zero attached hydrogens (tertiary/aromatic N) is 1. The predicted octanol–water partition coefficient (Wildman–Crippen LogP) is 4.42. The molecule has 1 fully saturated rings. The quantitative estimate of drug-likeness (QED) is 0.677. The van der Waals surface area contributed by atoms with Crippen molar-refractivity contribution in [1.82, 2.24) is 10.2 Å². The molecule has 1 saturated carbocycles. The lowest BCUT2D eigenvalue weighted by atomic mass is 9.97. The van der Waals surface area contributed by atoms with E-state index in [4.69, 9.17) is 5.73 Å². The molecule has 1 aromatic heterocycles. The number of rotatable bonds is 6. The Morgan fingerprint density at radius 2 is 1.83 bits per heavy atom. The van der Waals surface area contributed by atoms with E-state index in [0.29, 0.717) is 12.5 Å². The number of nitrogens with one attached hydrogen (secondary N) is 1. The van der Waals surface area contributed by atoms with Crippen molar-refractivity contribution in [2.75, 3.05) is 13.1 Å². The summed E-state index contributed by atoms with van der Waals surface area (Å²) in [7, 11) is 0. The van der Waals surface area contributed by atoms with Crippen LogP contribution in [0.4, 0.5) is 0 Å². The minimum atomic E-state index is -0.617. The fourth-order valence-corrected chi connectivity index (χ4v) is 4.71. The molecule has 0 saturated heterocycles. The highest BCUT2D eigenvalue weighted by atomic mass is 35.5. The number of hydrogen-bond acceptors (Lipinski definition) is 4. The molecule has 3 N–H and O–H groups in total. The first kappa shape index (κ1) is 24.2. The van der Waals surface area contributed by atoms with Gasteiger partial charge in [0.1, 0.15) is 0 Å². The third-order valence-corrected chi connectivity index (χ3v) is 6.99. The van der Waals surface area contributed by atoms with Gasteiger partial charge in [0, 0.05) is 24.5 Å². The van der Waals surface area contributed by atoms with Crippen molar-refractivity contribution in [2.45, 2.75) is 57.2 Å². The molecule has 1 aliphatic carbocycles. The van der Waals surface area contributed by atoms with Gasteiger partial charge in [0.2, 0.25) is 5.91 Å². The summed E-state index contributed by atoms with van der Waals surface area (Å²) >= 11 is 1.86. The third-order valence-electron chi connectivity index (χ3n) is 5.96. The summed E-state index contributed by atoms with van der Waals surface area (Å²) in [6.07, 6.45) is 2.69. The van der Waals surface area contributed by atoms with Gasteiger partial charge < -0.3 is 11.1 Å². The highest BCUT2D eigenvalue weighted by molar-refractivity contribution is 7.10. The molecule has 2 aromatic rings. The minimum absolute atomic E-state index is 0. The first-order valence-electron chi connectivity index (χ1n) is 9.92. The van der Waals surface area contributed by atoms with Crippen LogP contribution >= 0.6 is 36.2 Å². The van der Waals surface area contributed by atoms with E-state index in [0.717, 1.165) is 32.4 Å². The summed E-state index contributed by atoms with van der Waals surface area (Å²) in [5.74, 6) is 0.520. The molecule has 29 heavy (non-hydrogen) atoms. The third kappa shape index (κ3) is 5.33. The van der Waals surface area contributed by atoms with Crippen molar-refractivity contribution in [2.24, 2.45) is 5.73 Å². The first-order valence-corrected chi connectivity index (χ1v) is 10.8. The Morgan fingerprint density at radius 3 is 2.45 bits per heavy atom. The van der Waals surface area contributed by atoms with Crippen molar-refractivity contribution < 1.29 is 4.79 Å². The smallest absolute Gasteiger partial charge is 0.240 e. The van der Waals surface area contributed by atoms with Crippen LogP contribution in [-0.4, -0.2) is 29.4 Å². The molecule has 7 heteroatoms. The van der Waals surface area contributed by atoms with E-state index in [1.54, 1.807) is 0 Å². The van der Waals surface area contributed by atoms with Crippen molar-refractivity contribution in [1.29, 1.82) is 0 Å². The fourth-order valence-electron chi connectivity index (χ4n) is 3.82. The molecular weight excluding hydrogens is 425 g/mol. The largest absolute Gasteiger partial charge is 0.353 e. The average molecular weight is 456 g/mol. The van der Waals surface area contributed by atoms with E-state index in [2.05, 4.69) is 59.8 Å². The van der Waals surface area contributed by atoms with Crippen LogP contribution in [0.25, 0.3) is 0 Å². The number of fused-ring (bicyclic) bond motifs is 1. The molecule has 0 radical (unpaired) electrons. The number of amides is 1. The summed E-state index contributed by atoms with van der Waals surface area (Å²) in [4.78, 5) is 16.4. The van der Waals surface area contributed by atoms with Gasteiger partial charge in [0.25, 0.3) is 0 Å². The lowest BCUT2D eigenvalue weighted by Gasteiger charge is -2.35. The SMILES string of the molecule is CC(C)c1ccc(C(CNC(=O)C2(N)CC2)N2CCc3sccc3C2)cc1.Cl.Cl. The standard InChI is InChI=1S/C22H29N3OS.2ClH/c1-15(2)16-3-5-17(6-4-16)19(13-24-21(26)22(23)9-10-22)25-11-7-20-18(14-25)8-12-27-20;;/h3-6,8,12,15,19H,7,9-11,13-14,23H2,1-2H3,(H,24,26);2*1H. The van der Waals surface area contributed by atoms with Gasteiger partial charge in [-0.3, -0.25) is 9.69 Å². The molecule has 4 rings (SSSR count). The number of halogens is 2. The predicted molar refractivity (Wildman–Crippen MR) is 125 cm³/mol. The average Bonchev–Trinajstić information content (AvgIpc) is 3.25. The molecule has 2 aliphatic rings. The van der Waals surface area contributed by atoms with E-state index in [1.165, 1.54) is 21.6 Å². The molecule has 1 amide bonds. The van der Waals surface area contributed by atoms with Gasteiger partial charge in [0.15, 0.2) is 0 Å². The number of carbonyl (C=O) groups is 1. The summed E-state index contributed by atoms with van der Waals surface area (Å²) in [5, 5.41) is 5.32. The summed E-state index contributed by atoms with van der Waals surface area (Å²) < 4.78 is 0. The van der Waals surface area contributed by atoms with Crippen LogP contribution in [0.2, 0.25) is 0 Å². The van der Waals surface area contributed by atoms with E-state index >= 15 is 0 Å². The normalized spacial score (nSPS) is 18.2. The molecule has 0 bridgehead atoms. The maximum absolute atomic E-state index is 12.4. The van der Waals surface area contributed by atoms with Gasteiger partial charge in [-0.15, -0.1) is 36.2 Å².